The van der Waals surface area contributed by atoms with Gasteiger partial charge in [0, 0.05) is 38.1 Å². The number of likely N-dealkylation sites (N-methyl/N-ethyl adjacent to an activating group) is 1. The van der Waals surface area contributed by atoms with Crippen molar-refractivity contribution in [1.29, 1.82) is 0 Å². The Bertz CT molecular complexity index is 996. The number of hydrogen-bond donors (Lipinski definition) is 2. The Morgan fingerprint density at radius 3 is 2.39 bits per heavy atom. The summed E-state index contributed by atoms with van der Waals surface area (Å²) in [7, 11) is 1.99. The van der Waals surface area contributed by atoms with Gasteiger partial charge in [0.1, 0.15) is 11.7 Å². The number of carbonyl (C=O) groups excluding carboxylic acids is 1. The SMILES string of the molecule is CNC1CCN(c2ncc(OCCCC3CCN(C(=O)/N=C(\N)C(C)C)CC3)cn2)C1.Fc1ccccc1. The van der Waals surface area contributed by atoms with Gasteiger partial charge >= 0.3 is 6.03 Å². The monoisotopic (exact) mass is 527 g/mol. The van der Waals surface area contributed by atoms with Crippen molar-refractivity contribution in [3.05, 3.63) is 48.5 Å². The summed E-state index contributed by atoms with van der Waals surface area (Å²) in [5.74, 6) is 2.42. The van der Waals surface area contributed by atoms with Gasteiger partial charge in [-0.05, 0) is 57.2 Å². The van der Waals surface area contributed by atoms with E-state index in [1.54, 1.807) is 35.5 Å². The number of nitrogens with two attached hydrogens (primary N) is 1. The van der Waals surface area contributed by atoms with Crippen molar-refractivity contribution in [2.24, 2.45) is 22.6 Å². The molecule has 2 aromatic rings. The third-order valence-corrected chi connectivity index (χ3v) is 6.95. The Balaban J connectivity index is 0.000000494. The van der Waals surface area contributed by atoms with E-state index >= 15 is 0 Å². The van der Waals surface area contributed by atoms with Crippen molar-refractivity contribution in [3.8, 4) is 5.75 Å². The van der Waals surface area contributed by atoms with Gasteiger partial charge < -0.3 is 25.6 Å². The molecule has 1 unspecified atom stereocenters. The van der Waals surface area contributed by atoms with Crippen molar-refractivity contribution in [2.75, 3.05) is 44.7 Å². The van der Waals surface area contributed by atoms with Crippen molar-refractivity contribution in [3.63, 3.8) is 0 Å². The lowest BCUT2D eigenvalue weighted by Crippen LogP contribution is -2.38. The maximum Gasteiger partial charge on any atom is 0.345 e. The first-order chi connectivity index (χ1) is 18.4. The molecule has 2 saturated heterocycles. The van der Waals surface area contributed by atoms with Crippen LogP contribution in [0.15, 0.2) is 47.7 Å². The number of halogens is 1. The van der Waals surface area contributed by atoms with Gasteiger partial charge in [-0.2, -0.15) is 4.99 Å². The summed E-state index contributed by atoms with van der Waals surface area (Å²) in [5, 5.41) is 3.30. The third kappa shape index (κ3) is 9.55. The topological polar surface area (TPSA) is 109 Å². The van der Waals surface area contributed by atoms with Gasteiger partial charge in [-0.1, -0.05) is 32.0 Å². The lowest BCUT2D eigenvalue weighted by Gasteiger charge is -2.30. The summed E-state index contributed by atoms with van der Waals surface area (Å²) >= 11 is 0. The Morgan fingerprint density at radius 1 is 1.16 bits per heavy atom. The summed E-state index contributed by atoms with van der Waals surface area (Å²) in [4.78, 5) is 29.1. The average Bonchev–Trinajstić information content (AvgIpc) is 3.42. The van der Waals surface area contributed by atoms with Crippen LogP contribution in [-0.2, 0) is 0 Å². The molecule has 1 aromatic carbocycles. The molecule has 1 aromatic heterocycles. The molecular formula is C28H42FN7O2. The van der Waals surface area contributed by atoms with Crippen LogP contribution in [0.1, 0.15) is 46.0 Å². The molecular weight excluding hydrogens is 485 g/mol. The molecule has 0 spiro atoms. The van der Waals surface area contributed by atoms with Gasteiger partial charge in [0.25, 0.3) is 0 Å². The fourth-order valence-corrected chi connectivity index (χ4v) is 4.42. The first-order valence-corrected chi connectivity index (χ1v) is 13.6. The van der Waals surface area contributed by atoms with Crippen LogP contribution in [0.2, 0.25) is 0 Å². The van der Waals surface area contributed by atoms with E-state index in [1.165, 1.54) is 12.1 Å². The molecule has 3 heterocycles. The fraction of sp³-hybridized carbons (Fsp3) is 0.571. The molecule has 2 aliphatic heterocycles. The van der Waals surface area contributed by atoms with Crippen LogP contribution >= 0.6 is 0 Å². The minimum Gasteiger partial charge on any atom is -0.490 e. The first-order valence-electron chi connectivity index (χ1n) is 13.6. The molecule has 2 aliphatic rings. The number of aliphatic imine (C=N–C) groups is 1. The number of ether oxygens (including phenoxy) is 1. The van der Waals surface area contributed by atoms with E-state index in [2.05, 4.69) is 25.2 Å². The Labute approximate surface area is 225 Å². The van der Waals surface area contributed by atoms with Crippen LogP contribution in [0.25, 0.3) is 0 Å². The second kappa shape index (κ2) is 15.2. The fourth-order valence-electron chi connectivity index (χ4n) is 4.42. The maximum atomic E-state index is 12.2. The second-order valence-corrected chi connectivity index (χ2v) is 10.1. The zero-order valence-electron chi connectivity index (χ0n) is 22.9. The van der Waals surface area contributed by atoms with Crippen LogP contribution in [0.3, 0.4) is 0 Å². The molecule has 38 heavy (non-hydrogen) atoms. The summed E-state index contributed by atoms with van der Waals surface area (Å²) in [6.07, 6.45) is 8.73. The van der Waals surface area contributed by atoms with Crippen molar-refractivity contribution in [2.45, 2.75) is 52.0 Å². The summed E-state index contributed by atoms with van der Waals surface area (Å²) < 4.78 is 17.7. The smallest absolute Gasteiger partial charge is 0.345 e. The molecule has 0 radical (unpaired) electrons. The highest BCUT2D eigenvalue weighted by molar-refractivity contribution is 5.93. The molecule has 9 nitrogen and oxygen atoms in total. The molecule has 2 amide bonds. The predicted molar refractivity (Wildman–Crippen MR) is 149 cm³/mol. The molecule has 0 saturated carbocycles. The normalized spacial score (nSPS) is 18.3. The Hall–Kier alpha value is -3.27. The number of urea groups is 1. The van der Waals surface area contributed by atoms with E-state index in [0.29, 0.717) is 30.2 Å². The lowest BCUT2D eigenvalue weighted by molar-refractivity contribution is 0.172. The highest BCUT2D eigenvalue weighted by atomic mass is 19.1. The van der Waals surface area contributed by atoms with Gasteiger partial charge in [-0.25, -0.2) is 19.2 Å². The van der Waals surface area contributed by atoms with Crippen molar-refractivity contribution in [1.82, 2.24) is 20.2 Å². The van der Waals surface area contributed by atoms with Crippen molar-refractivity contribution >= 4 is 17.8 Å². The van der Waals surface area contributed by atoms with E-state index in [1.807, 2.05) is 20.9 Å². The zero-order valence-corrected chi connectivity index (χ0v) is 22.9. The molecule has 10 heteroatoms. The highest BCUT2D eigenvalue weighted by Crippen LogP contribution is 2.23. The van der Waals surface area contributed by atoms with Crippen LogP contribution in [0, 0.1) is 17.7 Å². The molecule has 1 atom stereocenters. The number of likely N-dealkylation sites (tertiary alicyclic amines) is 1. The van der Waals surface area contributed by atoms with E-state index in [4.69, 9.17) is 10.5 Å². The summed E-state index contributed by atoms with van der Waals surface area (Å²) in [6.45, 7) is 7.95. The number of nitrogens with zero attached hydrogens (tertiary/aromatic N) is 5. The molecule has 0 bridgehead atoms. The van der Waals surface area contributed by atoms with Gasteiger partial charge in [0.05, 0.1) is 19.0 Å². The van der Waals surface area contributed by atoms with Crippen molar-refractivity contribution < 1.29 is 13.9 Å². The van der Waals surface area contributed by atoms with E-state index < -0.39 is 0 Å². The second-order valence-electron chi connectivity index (χ2n) is 10.1. The quantitative estimate of drug-likeness (QED) is 0.302. The number of rotatable bonds is 8. The number of benzene rings is 1. The number of amides is 2. The zero-order chi connectivity index (χ0) is 27.3. The van der Waals surface area contributed by atoms with Gasteiger partial charge in [-0.15, -0.1) is 0 Å². The lowest BCUT2D eigenvalue weighted by atomic mass is 9.92. The van der Waals surface area contributed by atoms with Crippen LogP contribution in [0.4, 0.5) is 15.1 Å². The molecule has 3 N–H and O–H groups in total. The molecule has 2 fully saturated rings. The van der Waals surface area contributed by atoms with Gasteiger partial charge in [0.15, 0.2) is 5.75 Å². The van der Waals surface area contributed by atoms with E-state index in [-0.39, 0.29) is 17.8 Å². The summed E-state index contributed by atoms with van der Waals surface area (Å²) in [5.41, 5.74) is 5.81. The van der Waals surface area contributed by atoms with E-state index in [0.717, 1.165) is 64.2 Å². The number of carbonyl (C=O) groups is 1. The largest absolute Gasteiger partial charge is 0.490 e. The average molecular weight is 528 g/mol. The van der Waals surface area contributed by atoms with Crippen LogP contribution in [0.5, 0.6) is 5.75 Å². The molecule has 0 aliphatic carbocycles. The molecule has 4 rings (SSSR count). The Morgan fingerprint density at radius 2 is 1.84 bits per heavy atom. The van der Waals surface area contributed by atoms with E-state index in [9.17, 15) is 9.18 Å². The summed E-state index contributed by atoms with van der Waals surface area (Å²) in [6, 6.07) is 8.25. The van der Waals surface area contributed by atoms with Crippen LogP contribution < -0.4 is 20.7 Å². The number of aromatic nitrogens is 2. The van der Waals surface area contributed by atoms with Gasteiger partial charge in [0.2, 0.25) is 5.95 Å². The predicted octanol–water partition coefficient (Wildman–Crippen LogP) is 4.10. The maximum absolute atomic E-state index is 12.2. The standard InChI is InChI=1S/C22H37N7O2.C6H5F/c1-16(2)20(23)27-22(30)28-9-6-17(7-10-28)5-4-12-31-19-13-25-21(26-14-19)29-11-8-18(15-29)24-3;7-6-4-2-1-3-5-6/h13-14,16-18,24H,4-12,15H2,1-3H3,(H2,23,27,30);1-5H. The minimum atomic E-state index is -0.202. The first kappa shape index (κ1) is 29.3. The van der Waals surface area contributed by atoms with Gasteiger partial charge in [-0.3, -0.25) is 0 Å². The number of nitrogens with one attached hydrogen (secondary N) is 1. The number of anilines is 1. The molecule has 208 valence electrons. The Kier molecular flexibility index (Phi) is 11.7. The number of piperidine rings is 1. The van der Waals surface area contributed by atoms with Crippen LogP contribution in [-0.4, -0.2) is 72.6 Å². The number of amidine groups is 1. The third-order valence-electron chi connectivity index (χ3n) is 6.95. The highest BCUT2D eigenvalue weighted by Gasteiger charge is 2.24. The number of hydrogen-bond acceptors (Lipinski definition) is 6. The minimum absolute atomic E-state index is 0.0917.